The Bertz CT molecular complexity index is 695. The lowest BCUT2D eigenvalue weighted by Crippen LogP contribution is -2.43. The van der Waals surface area contributed by atoms with E-state index in [-0.39, 0.29) is 5.91 Å². The minimum Gasteiger partial charge on any atom is -0.399 e. The Balaban J connectivity index is 1.94. The topological polar surface area (TPSA) is 89.4 Å². The average molecular weight is 289 g/mol. The molecule has 1 fully saturated rings. The van der Waals surface area contributed by atoms with E-state index in [4.69, 9.17) is 11.5 Å². The second-order valence-electron chi connectivity index (χ2n) is 4.97. The molecule has 20 heavy (non-hydrogen) atoms. The monoisotopic (exact) mass is 289 g/mol. The van der Waals surface area contributed by atoms with Crippen molar-refractivity contribution in [3.63, 3.8) is 0 Å². The zero-order valence-corrected chi connectivity index (χ0v) is 11.7. The van der Waals surface area contributed by atoms with Crippen molar-refractivity contribution >= 4 is 38.9 Å². The summed E-state index contributed by atoms with van der Waals surface area (Å²) in [5.41, 5.74) is 11.8. The maximum atomic E-state index is 12.5. The number of primary amides is 1. The van der Waals surface area contributed by atoms with Crippen molar-refractivity contribution in [2.24, 2.45) is 5.73 Å². The van der Waals surface area contributed by atoms with Gasteiger partial charge in [-0.25, -0.2) is 0 Å². The van der Waals surface area contributed by atoms with Crippen LogP contribution in [0, 0.1) is 0 Å². The molecule has 0 spiro atoms. The normalized spacial score (nSPS) is 18.6. The predicted octanol–water partition coefficient (Wildman–Crippen LogP) is 1.57. The van der Waals surface area contributed by atoms with Crippen LogP contribution in [0.3, 0.4) is 0 Å². The van der Waals surface area contributed by atoms with E-state index in [1.807, 2.05) is 24.3 Å². The molecule has 1 saturated heterocycles. The fourth-order valence-electron chi connectivity index (χ4n) is 2.61. The van der Waals surface area contributed by atoms with Gasteiger partial charge in [0.25, 0.3) is 5.91 Å². The first-order valence-electron chi connectivity index (χ1n) is 6.45. The average Bonchev–Trinajstić information content (AvgIpc) is 3.03. The molecule has 0 aliphatic carbocycles. The Morgan fingerprint density at radius 3 is 2.85 bits per heavy atom. The number of nitrogens with zero attached hydrogens (tertiary/aromatic N) is 1. The predicted molar refractivity (Wildman–Crippen MR) is 79.5 cm³/mol. The van der Waals surface area contributed by atoms with Gasteiger partial charge in [0.1, 0.15) is 6.04 Å². The van der Waals surface area contributed by atoms with Gasteiger partial charge in [0, 0.05) is 16.9 Å². The Hall–Kier alpha value is -2.08. The van der Waals surface area contributed by atoms with Crippen molar-refractivity contribution in [2.45, 2.75) is 18.9 Å². The minimum atomic E-state index is -0.474. The fraction of sp³-hybridized carbons (Fsp3) is 0.286. The number of benzene rings is 1. The number of amides is 2. The Morgan fingerprint density at radius 2 is 2.10 bits per heavy atom. The van der Waals surface area contributed by atoms with Gasteiger partial charge in [-0.05, 0) is 42.5 Å². The Kier molecular flexibility index (Phi) is 3.10. The number of hydrogen-bond donors (Lipinski definition) is 2. The van der Waals surface area contributed by atoms with Crippen LogP contribution in [-0.2, 0) is 4.79 Å². The Labute approximate surface area is 120 Å². The van der Waals surface area contributed by atoms with E-state index in [1.165, 1.54) is 11.3 Å². The smallest absolute Gasteiger partial charge is 0.264 e. The number of nitrogens with two attached hydrogens (primary N) is 2. The fourth-order valence-corrected chi connectivity index (χ4v) is 3.61. The standard InChI is InChI=1S/C14H15N3O2S/c15-9-3-4-11-8(6-9)7-12(20-11)14(19)17-5-1-2-10(17)13(16)18/h3-4,6-7,10H,1-2,5,15H2,(H2,16,18). The number of nitrogen functional groups attached to an aromatic ring is 1. The van der Waals surface area contributed by atoms with Crippen LogP contribution >= 0.6 is 11.3 Å². The first-order valence-corrected chi connectivity index (χ1v) is 7.27. The van der Waals surface area contributed by atoms with Crippen LogP contribution in [-0.4, -0.2) is 29.3 Å². The summed E-state index contributed by atoms with van der Waals surface area (Å²) in [5.74, 6) is -0.549. The van der Waals surface area contributed by atoms with Crippen molar-refractivity contribution in [1.82, 2.24) is 4.90 Å². The van der Waals surface area contributed by atoms with Gasteiger partial charge in [0.15, 0.2) is 0 Å². The summed E-state index contributed by atoms with van der Waals surface area (Å²) in [6.07, 6.45) is 1.47. The number of carbonyl (C=O) groups excluding carboxylic acids is 2. The van der Waals surface area contributed by atoms with Crippen LogP contribution in [0.5, 0.6) is 0 Å². The Morgan fingerprint density at radius 1 is 1.30 bits per heavy atom. The second kappa shape index (κ2) is 4.79. The number of carbonyl (C=O) groups is 2. The molecular formula is C14H15N3O2S. The quantitative estimate of drug-likeness (QED) is 0.822. The van der Waals surface area contributed by atoms with Crippen molar-refractivity contribution in [3.8, 4) is 0 Å². The molecule has 104 valence electrons. The summed E-state index contributed by atoms with van der Waals surface area (Å²) >= 11 is 1.42. The van der Waals surface area contributed by atoms with Gasteiger partial charge in [0.2, 0.25) is 5.91 Å². The van der Waals surface area contributed by atoms with E-state index >= 15 is 0 Å². The lowest BCUT2D eigenvalue weighted by atomic mass is 10.2. The van der Waals surface area contributed by atoms with E-state index in [0.717, 1.165) is 16.5 Å². The van der Waals surface area contributed by atoms with Gasteiger partial charge in [-0.3, -0.25) is 9.59 Å². The molecule has 3 rings (SSSR count). The summed E-state index contributed by atoms with van der Waals surface area (Å²) in [7, 11) is 0. The van der Waals surface area contributed by atoms with Crippen molar-refractivity contribution in [3.05, 3.63) is 29.1 Å². The summed E-state index contributed by atoms with van der Waals surface area (Å²) < 4.78 is 1.01. The molecule has 0 bridgehead atoms. The lowest BCUT2D eigenvalue weighted by Gasteiger charge is -2.21. The second-order valence-corrected chi connectivity index (χ2v) is 6.05. The molecule has 1 aromatic heterocycles. The van der Waals surface area contributed by atoms with Gasteiger partial charge in [-0.1, -0.05) is 0 Å². The third kappa shape index (κ3) is 2.12. The zero-order chi connectivity index (χ0) is 14.3. The van der Waals surface area contributed by atoms with Gasteiger partial charge in [0.05, 0.1) is 4.88 Å². The van der Waals surface area contributed by atoms with E-state index in [0.29, 0.717) is 23.5 Å². The molecule has 5 nitrogen and oxygen atoms in total. The van der Waals surface area contributed by atoms with Crippen molar-refractivity contribution in [1.29, 1.82) is 0 Å². The summed E-state index contributed by atoms with van der Waals surface area (Å²) in [5, 5.41) is 0.952. The van der Waals surface area contributed by atoms with Crippen molar-refractivity contribution < 1.29 is 9.59 Å². The molecule has 1 aliphatic heterocycles. The summed E-state index contributed by atoms with van der Waals surface area (Å²) in [4.78, 5) is 26.1. The number of hydrogen-bond acceptors (Lipinski definition) is 4. The molecule has 4 N–H and O–H groups in total. The van der Waals surface area contributed by atoms with Gasteiger partial charge >= 0.3 is 0 Å². The zero-order valence-electron chi connectivity index (χ0n) is 10.8. The highest BCUT2D eigenvalue weighted by Crippen LogP contribution is 2.30. The molecule has 1 aromatic carbocycles. The molecule has 1 unspecified atom stereocenters. The van der Waals surface area contributed by atoms with E-state index in [2.05, 4.69) is 0 Å². The molecule has 2 heterocycles. The number of likely N-dealkylation sites (tertiary alicyclic amines) is 1. The van der Waals surface area contributed by atoms with Gasteiger partial charge in [-0.2, -0.15) is 0 Å². The van der Waals surface area contributed by atoms with Gasteiger partial charge in [-0.15, -0.1) is 11.3 Å². The van der Waals surface area contributed by atoms with Crippen LogP contribution in [0.25, 0.3) is 10.1 Å². The third-order valence-corrected chi connectivity index (χ3v) is 4.70. The van der Waals surface area contributed by atoms with Crippen LogP contribution in [0.1, 0.15) is 22.5 Å². The SMILES string of the molecule is NC(=O)C1CCCN1C(=O)c1cc2cc(N)ccc2s1. The van der Waals surface area contributed by atoms with E-state index < -0.39 is 11.9 Å². The highest BCUT2D eigenvalue weighted by Gasteiger charge is 2.33. The number of fused-ring (bicyclic) bond motifs is 1. The lowest BCUT2D eigenvalue weighted by molar-refractivity contribution is -0.121. The molecule has 2 amide bonds. The molecule has 1 atom stereocenters. The summed E-state index contributed by atoms with van der Waals surface area (Å²) in [6, 6.07) is 6.92. The molecule has 6 heteroatoms. The number of rotatable bonds is 2. The van der Waals surface area contributed by atoms with Crippen molar-refractivity contribution in [2.75, 3.05) is 12.3 Å². The first kappa shape index (κ1) is 12.9. The van der Waals surface area contributed by atoms with E-state index in [9.17, 15) is 9.59 Å². The van der Waals surface area contributed by atoms with Crippen LogP contribution in [0.2, 0.25) is 0 Å². The number of anilines is 1. The van der Waals surface area contributed by atoms with Crippen LogP contribution in [0.15, 0.2) is 24.3 Å². The third-order valence-electron chi connectivity index (χ3n) is 3.59. The molecular weight excluding hydrogens is 274 g/mol. The van der Waals surface area contributed by atoms with Gasteiger partial charge < -0.3 is 16.4 Å². The van der Waals surface area contributed by atoms with E-state index in [1.54, 1.807) is 4.90 Å². The first-order chi connectivity index (χ1) is 9.56. The highest BCUT2D eigenvalue weighted by molar-refractivity contribution is 7.20. The molecule has 0 radical (unpaired) electrons. The minimum absolute atomic E-state index is 0.119. The maximum absolute atomic E-state index is 12.5. The van der Waals surface area contributed by atoms with Crippen LogP contribution in [0.4, 0.5) is 5.69 Å². The highest BCUT2D eigenvalue weighted by atomic mass is 32.1. The summed E-state index contributed by atoms with van der Waals surface area (Å²) in [6.45, 7) is 0.586. The molecule has 0 saturated carbocycles. The number of thiophene rings is 1. The van der Waals surface area contributed by atoms with Crippen LogP contribution < -0.4 is 11.5 Å². The largest absolute Gasteiger partial charge is 0.399 e. The molecule has 1 aliphatic rings. The maximum Gasteiger partial charge on any atom is 0.264 e. The molecule has 2 aromatic rings.